The molecule has 1 heterocycles. The van der Waals surface area contributed by atoms with E-state index < -0.39 is 0 Å². The van der Waals surface area contributed by atoms with Gasteiger partial charge in [-0.05, 0) is 42.2 Å². The van der Waals surface area contributed by atoms with Gasteiger partial charge in [-0.1, -0.05) is 31.2 Å². The summed E-state index contributed by atoms with van der Waals surface area (Å²) in [4.78, 5) is 0. The molecule has 96 valence electrons. The third-order valence-corrected chi connectivity index (χ3v) is 3.31. The Labute approximate surface area is 112 Å². The van der Waals surface area contributed by atoms with Gasteiger partial charge in [-0.3, -0.25) is 0 Å². The third-order valence-electron chi connectivity index (χ3n) is 3.07. The number of ether oxygens (including phenoxy) is 1. The minimum atomic E-state index is -0.271. The number of halogens is 2. The lowest BCUT2D eigenvalue weighted by molar-refractivity contribution is 0.172. The maximum Gasteiger partial charge on any atom is 0.128 e. The number of allylic oxidation sites excluding steroid dienone is 2. The Balaban J connectivity index is 2.17. The number of hydrogen-bond acceptors (Lipinski definition) is 1. The smallest absolute Gasteiger partial charge is 0.128 e. The van der Waals surface area contributed by atoms with Crippen LogP contribution < -0.4 is 0 Å². The van der Waals surface area contributed by atoms with Gasteiger partial charge in [0.25, 0.3) is 0 Å². The standard InChI is InChI=1S/C15H16ClFO/c1-3-4-15-10(2)7-11(9-18-15)13-6-5-12(16)8-14(13)17/h4-6,8,11H,2-3,7,9H2,1H3/b15-4+/t11-/m1/s1. The molecule has 0 amide bonds. The van der Waals surface area contributed by atoms with Crippen LogP contribution in [0.25, 0.3) is 0 Å². The van der Waals surface area contributed by atoms with Crippen molar-refractivity contribution in [3.8, 4) is 0 Å². The highest BCUT2D eigenvalue weighted by molar-refractivity contribution is 6.30. The van der Waals surface area contributed by atoms with Gasteiger partial charge in [0.2, 0.25) is 0 Å². The van der Waals surface area contributed by atoms with Crippen molar-refractivity contribution < 1.29 is 9.13 Å². The molecule has 0 radical (unpaired) electrons. The molecule has 3 heteroatoms. The zero-order chi connectivity index (χ0) is 13.1. The predicted octanol–water partition coefficient (Wildman–Crippen LogP) is 4.83. The number of benzene rings is 1. The van der Waals surface area contributed by atoms with E-state index in [4.69, 9.17) is 16.3 Å². The molecule has 1 aliphatic rings. The van der Waals surface area contributed by atoms with Crippen LogP contribution in [0.1, 0.15) is 31.2 Å². The van der Waals surface area contributed by atoms with Crippen LogP contribution in [0.5, 0.6) is 0 Å². The van der Waals surface area contributed by atoms with E-state index in [0.29, 0.717) is 17.2 Å². The molecule has 2 rings (SSSR count). The molecule has 0 aliphatic carbocycles. The highest BCUT2D eigenvalue weighted by atomic mass is 35.5. The van der Waals surface area contributed by atoms with E-state index in [1.54, 1.807) is 12.1 Å². The van der Waals surface area contributed by atoms with Gasteiger partial charge in [0.05, 0.1) is 6.61 Å². The molecule has 0 bridgehead atoms. The summed E-state index contributed by atoms with van der Waals surface area (Å²) in [5.41, 5.74) is 1.58. The Morgan fingerprint density at radius 2 is 2.33 bits per heavy atom. The zero-order valence-corrected chi connectivity index (χ0v) is 11.1. The van der Waals surface area contributed by atoms with Crippen LogP contribution in [0.15, 0.2) is 42.2 Å². The lowest BCUT2D eigenvalue weighted by Crippen LogP contribution is -2.17. The quantitative estimate of drug-likeness (QED) is 0.745. The van der Waals surface area contributed by atoms with Crippen LogP contribution in [0.2, 0.25) is 5.02 Å². The summed E-state index contributed by atoms with van der Waals surface area (Å²) in [6, 6.07) is 4.78. The summed E-state index contributed by atoms with van der Waals surface area (Å²) in [6.07, 6.45) is 3.65. The number of rotatable bonds is 2. The van der Waals surface area contributed by atoms with Crippen LogP contribution in [0, 0.1) is 5.82 Å². The van der Waals surface area contributed by atoms with Gasteiger partial charge >= 0.3 is 0 Å². The molecule has 1 nitrogen and oxygen atoms in total. The summed E-state index contributed by atoms with van der Waals surface area (Å²) < 4.78 is 19.5. The molecule has 0 unspecified atom stereocenters. The van der Waals surface area contributed by atoms with Crippen LogP contribution >= 0.6 is 11.6 Å². The zero-order valence-electron chi connectivity index (χ0n) is 10.4. The monoisotopic (exact) mass is 266 g/mol. The molecule has 1 saturated heterocycles. The Morgan fingerprint density at radius 1 is 1.56 bits per heavy atom. The average Bonchev–Trinajstić information content (AvgIpc) is 2.32. The topological polar surface area (TPSA) is 9.23 Å². The fraction of sp³-hybridized carbons (Fsp3) is 0.333. The van der Waals surface area contributed by atoms with E-state index >= 15 is 0 Å². The molecular weight excluding hydrogens is 251 g/mol. The molecule has 0 spiro atoms. The Bertz CT molecular complexity index is 493. The van der Waals surface area contributed by atoms with Gasteiger partial charge in [-0.15, -0.1) is 0 Å². The van der Waals surface area contributed by atoms with Crippen molar-refractivity contribution in [3.05, 3.63) is 58.6 Å². The van der Waals surface area contributed by atoms with Gasteiger partial charge < -0.3 is 4.74 Å². The largest absolute Gasteiger partial charge is 0.493 e. The van der Waals surface area contributed by atoms with E-state index in [0.717, 1.165) is 24.2 Å². The molecular formula is C15H16ClFO. The van der Waals surface area contributed by atoms with E-state index in [1.807, 2.05) is 6.08 Å². The maximum absolute atomic E-state index is 13.8. The van der Waals surface area contributed by atoms with E-state index in [1.165, 1.54) is 6.07 Å². The Hall–Kier alpha value is -1.28. The SMILES string of the molecule is C=C1C[C@@H](c2ccc(Cl)cc2F)CO/C1=C/CC. The van der Waals surface area contributed by atoms with Crippen molar-refractivity contribution in [2.45, 2.75) is 25.7 Å². The second kappa shape index (κ2) is 5.57. The van der Waals surface area contributed by atoms with Crippen LogP contribution in [-0.4, -0.2) is 6.61 Å². The second-order valence-corrected chi connectivity index (χ2v) is 4.89. The van der Waals surface area contributed by atoms with Gasteiger partial charge in [0.1, 0.15) is 11.6 Å². The molecule has 1 atom stereocenters. The first-order valence-corrected chi connectivity index (χ1v) is 6.45. The molecule has 1 aromatic carbocycles. The minimum Gasteiger partial charge on any atom is -0.493 e. The molecule has 0 aromatic heterocycles. The van der Waals surface area contributed by atoms with Gasteiger partial charge in [0.15, 0.2) is 0 Å². The Kier molecular flexibility index (Phi) is 4.07. The molecule has 0 N–H and O–H groups in total. The third kappa shape index (κ3) is 2.75. The maximum atomic E-state index is 13.8. The first-order valence-electron chi connectivity index (χ1n) is 6.08. The van der Waals surface area contributed by atoms with Crippen LogP contribution in [0.4, 0.5) is 4.39 Å². The Morgan fingerprint density at radius 3 is 2.94 bits per heavy atom. The van der Waals surface area contributed by atoms with E-state index in [2.05, 4.69) is 13.5 Å². The number of hydrogen-bond donors (Lipinski definition) is 0. The fourth-order valence-electron chi connectivity index (χ4n) is 2.17. The second-order valence-electron chi connectivity index (χ2n) is 4.46. The summed E-state index contributed by atoms with van der Waals surface area (Å²) >= 11 is 5.75. The normalized spacial score (nSPS) is 22.1. The fourth-order valence-corrected chi connectivity index (χ4v) is 2.33. The van der Waals surface area contributed by atoms with Crippen molar-refractivity contribution in [1.29, 1.82) is 0 Å². The molecule has 1 fully saturated rings. The molecule has 1 aromatic rings. The predicted molar refractivity (Wildman–Crippen MR) is 72.2 cm³/mol. The van der Waals surface area contributed by atoms with E-state index in [9.17, 15) is 4.39 Å². The highest BCUT2D eigenvalue weighted by Crippen LogP contribution is 2.34. The minimum absolute atomic E-state index is 0.0174. The van der Waals surface area contributed by atoms with Gasteiger partial charge in [-0.25, -0.2) is 4.39 Å². The van der Waals surface area contributed by atoms with Crippen LogP contribution in [-0.2, 0) is 4.74 Å². The first-order chi connectivity index (χ1) is 8.61. The first kappa shape index (κ1) is 13.2. The molecule has 0 saturated carbocycles. The summed E-state index contributed by atoms with van der Waals surface area (Å²) in [5.74, 6) is 0.596. The van der Waals surface area contributed by atoms with Crippen molar-refractivity contribution in [2.24, 2.45) is 0 Å². The average molecular weight is 267 g/mol. The summed E-state index contributed by atoms with van der Waals surface area (Å²) in [6.45, 7) is 6.54. The lowest BCUT2D eigenvalue weighted by atomic mass is 9.90. The van der Waals surface area contributed by atoms with Crippen molar-refractivity contribution in [3.63, 3.8) is 0 Å². The summed E-state index contributed by atoms with van der Waals surface area (Å²) in [5, 5.41) is 0.415. The molecule has 1 aliphatic heterocycles. The van der Waals surface area contributed by atoms with Gasteiger partial charge in [-0.2, -0.15) is 0 Å². The summed E-state index contributed by atoms with van der Waals surface area (Å²) in [7, 11) is 0. The van der Waals surface area contributed by atoms with Gasteiger partial charge in [0, 0.05) is 10.9 Å². The lowest BCUT2D eigenvalue weighted by Gasteiger charge is -2.27. The van der Waals surface area contributed by atoms with Crippen molar-refractivity contribution >= 4 is 11.6 Å². The van der Waals surface area contributed by atoms with Crippen LogP contribution in [0.3, 0.4) is 0 Å². The van der Waals surface area contributed by atoms with Crippen molar-refractivity contribution in [2.75, 3.05) is 6.61 Å². The van der Waals surface area contributed by atoms with Crippen molar-refractivity contribution in [1.82, 2.24) is 0 Å². The highest BCUT2D eigenvalue weighted by Gasteiger charge is 2.24. The van der Waals surface area contributed by atoms with E-state index in [-0.39, 0.29) is 11.7 Å². The molecule has 18 heavy (non-hydrogen) atoms.